The van der Waals surface area contributed by atoms with Gasteiger partial charge in [-0.2, -0.15) is 18.4 Å². The first-order chi connectivity index (χ1) is 10.5. The van der Waals surface area contributed by atoms with Crippen LogP contribution in [0.25, 0.3) is 21.0 Å². The Morgan fingerprint density at radius 1 is 1.23 bits per heavy atom. The molecule has 112 valence electrons. The molecule has 0 aliphatic carbocycles. The zero-order chi connectivity index (χ0) is 15.7. The lowest BCUT2D eigenvalue weighted by Gasteiger charge is -2.10. The van der Waals surface area contributed by atoms with Crippen LogP contribution in [0.5, 0.6) is 0 Å². The van der Waals surface area contributed by atoms with Crippen molar-refractivity contribution >= 4 is 38.1 Å². The molecule has 0 aliphatic heterocycles. The smallest absolute Gasteiger partial charge is 0.369 e. The molecule has 0 saturated carbocycles. The number of hydrogen-bond donors (Lipinski definition) is 1. The van der Waals surface area contributed by atoms with Crippen LogP contribution in [0.4, 0.5) is 19.0 Å². The molecule has 1 aromatic carbocycles. The van der Waals surface area contributed by atoms with Gasteiger partial charge in [-0.15, -0.1) is 11.3 Å². The van der Waals surface area contributed by atoms with E-state index in [1.165, 1.54) is 11.3 Å². The summed E-state index contributed by atoms with van der Waals surface area (Å²) in [6.07, 6.45) is -5.12. The van der Waals surface area contributed by atoms with E-state index in [1.54, 1.807) is 12.1 Å². The molecule has 2 heterocycles. The first-order valence-corrected chi connectivity index (χ1v) is 7.37. The number of rotatable bonds is 3. The summed E-state index contributed by atoms with van der Waals surface area (Å²) in [5.74, 6) is 0.420. The second-order valence-electron chi connectivity index (χ2n) is 4.76. The van der Waals surface area contributed by atoms with Crippen LogP contribution >= 0.6 is 11.3 Å². The van der Waals surface area contributed by atoms with Crippen molar-refractivity contribution in [2.75, 3.05) is 11.9 Å². The van der Waals surface area contributed by atoms with Crippen LogP contribution < -0.4 is 5.32 Å². The summed E-state index contributed by atoms with van der Waals surface area (Å²) >= 11 is 1.50. The third kappa shape index (κ3) is 2.83. The highest BCUT2D eigenvalue weighted by Crippen LogP contribution is 2.34. The molecule has 1 N–H and O–H groups in total. The highest BCUT2D eigenvalue weighted by atomic mass is 32.1. The Hall–Kier alpha value is -2.33. The van der Waals surface area contributed by atoms with Crippen LogP contribution in [0.1, 0.15) is 12.0 Å². The monoisotopic (exact) mass is 321 g/mol. The maximum absolute atomic E-state index is 12.3. The number of aromatic nitrogens is 1. The molecule has 0 spiro atoms. The SMILES string of the molecule is N#Cc1ccc2c(c1)nc(NCCC(F)(F)F)c1ccsc12. The van der Waals surface area contributed by atoms with E-state index in [9.17, 15) is 13.2 Å². The number of halogens is 3. The van der Waals surface area contributed by atoms with Crippen molar-refractivity contribution in [1.29, 1.82) is 5.26 Å². The first-order valence-electron chi connectivity index (χ1n) is 6.49. The fourth-order valence-electron chi connectivity index (χ4n) is 2.23. The van der Waals surface area contributed by atoms with Gasteiger partial charge in [-0.1, -0.05) is 6.07 Å². The Kier molecular flexibility index (Phi) is 3.62. The maximum Gasteiger partial charge on any atom is 0.390 e. The Morgan fingerprint density at radius 3 is 2.77 bits per heavy atom. The summed E-state index contributed by atoms with van der Waals surface area (Å²) in [4.78, 5) is 4.38. The van der Waals surface area contributed by atoms with E-state index >= 15 is 0 Å². The molecule has 0 aliphatic rings. The normalized spacial score (nSPS) is 11.7. The molecule has 0 saturated heterocycles. The number of pyridine rings is 1. The summed E-state index contributed by atoms with van der Waals surface area (Å²) in [6, 6.07) is 9.04. The van der Waals surface area contributed by atoms with E-state index in [-0.39, 0.29) is 6.54 Å². The summed E-state index contributed by atoms with van der Waals surface area (Å²) in [5, 5.41) is 15.3. The van der Waals surface area contributed by atoms with Crippen LogP contribution in [0, 0.1) is 11.3 Å². The molecule has 22 heavy (non-hydrogen) atoms. The zero-order valence-corrected chi connectivity index (χ0v) is 12.1. The molecule has 3 nitrogen and oxygen atoms in total. The van der Waals surface area contributed by atoms with Gasteiger partial charge in [0.1, 0.15) is 5.82 Å². The van der Waals surface area contributed by atoms with Gasteiger partial charge in [0.05, 0.1) is 23.6 Å². The molecule has 0 fully saturated rings. The molecule has 7 heteroatoms. The third-order valence-electron chi connectivity index (χ3n) is 3.22. The molecule has 3 rings (SSSR count). The lowest BCUT2D eigenvalue weighted by Crippen LogP contribution is -2.15. The second kappa shape index (κ2) is 5.46. The molecule has 0 unspecified atom stereocenters. The average molecular weight is 321 g/mol. The highest BCUT2D eigenvalue weighted by Gasteiger charge is 2.26. The standard InChI is InChI=1S/C15H10F3N3S/c16-15(17,18)4-5-20-14-11-3-6-22-13(11)10-2-1-9(8-19)7-12(10)21-14/h1-3,6-7H,4-5H2,(H,20,21). The number of nitriles is 1. The van der Waals surface area contributed by atoms with Gasteiger partial charge in [-0.05, 0) is 23.6 Å². The molecule has 0 atom stereocenters. The van der Waals surface area contributed by atoms with Crippen molar-refractivity contribution in [1.82, 2.24) is 4.98 Å². The summed E-state index contributed by atoms with van der Waals surface area (Å²) in [6.45, 7) is -0.231. The third-order valence-corrected chi connectivity index (χ3v) is 4.17. The van der Waals surface area contributed by atoms with Crippen LogP contribution in [0.3, 0.4) is 0 Å². The van der Waals surface area contributed by atoms with E-state index in [1.807, 2.05) is 23.6 Å². The van der Waals surface area contributed by atoms with Gasteiger partial charge in [-0.3, -0.25) is 0 Å². The fraction of sp³-hybridized carbons (Fsp3) is 0.200. The number of fused-ring (bicyclic) bond motifs is 3. The predicted molar refractivity (Wildman–Crippen MR) is 81.0 cm³/mol. The van der Waals surface area contributed by atoms with Gasteiger partial charge in [0, 0.05) is 22.0 Å². The Labute approximate surface area is 128 Å². The number of hydrogen-bond acceptors (Lipinski definition) is 4. The lowest BCUT2D eigenvalue weighted by molar-refractivity contribution is -0.131. The van der Waals surface area contributed by atoms with Gasteiger partial charge in [0.15, 0.2) is 0 Å². The Bertz CT molecular complexity index is 877. The summed E-state index contributed by atoms with van der Waals surface area (Å²) in [7, 11) is 0. The molecule has 2 aromatic heterocycles. The largest absolute Gasteiger partial charge is 0.390 e. The molecule has 3 aromatic rings. The van der Waals surface area contributed by atoms with Gasteiger partial charge >= 0.3 is 6.18 Å². The lowest BCUT2D eigenvalue weighted by atomic mass is 10.1. The summed E-state index contributed by atoms with van der Waals surface area (Å²) in [5.41, 5.74) is 1.07. The minimum atomic E-state index is -4.20. The second-order valence-corrected chi connectivity index (χ2v) is 5.68. The van der Waals surface area contributed by atoms with E-state index in [2.05, 4.69) is 10.3 Å². The highest BCUT2D eigenvalue weighted by molar-refractivity contribution is 7.18. The van der Waals surface area contributed by atoms with Gasteiger partial charge in [-0.25, -0.2) is 4.98 Å². The molecular formula is C15H10F3N3S. The van der Waals surface area contributed by atoms with Crippen LogP contribution in [0.15, 0.2) is 29.6 Å². The number of thiophene rings is 1. The number of benzene rings is 1. The number of nitrogens with one attached hydrogen (secondary N) is 1. The van der Waals surface area contributed by atoms with Crippen molar-refractivity contribution in [3.8, 4) is 6.07 Å². The van der Waals surface area contributed by atoms with Crippen molar-refractivity contribution in [3.05, 3.63) is 35.2 Å². The van der Waals surface area contributed by atoms with Crippen molar-refractivity contribution in [2.24, 2.45) is 0 Å². The van der Waals surface area contributed by atoms with Crippen molar-refractivity contribution in [2.45, 2.75) is 12.6 Å². The molecule has 0 bridgehead atoms. The van der Waals surface area contributed by atoms with Crippen molar-refractivity contribution < 1.29 is 13.2 Å². The van der Waals surface area contributed by atoms with E-state index in [4.69, 9.17) is 5.26 Å². The molecular weight excluding hydrogens is 311 g/mol. The Morgan fingerprint density at radius 2 is 2.05 bits per heavy atom. The van der Waals surface area contributed by atoms with E-state index in [0.29, 0.717) is 16.9 Å². The first kappa shape index (κ1) is 14.6. The number of alkyl halides is 3. The fourth-order valence-corrected chi connectivity index (χ4v) is 3.16. The minimum Gasteiger partial charge on any atom is -0.369 e. The van der Waals surface area contributed by atoms with Crippen LogP contribution in [0.2, 0.25) is 0 Å². The minimum absolute atomic E-state index is 0.231. The van der Waals surface area contributed by atoms with Gasteiger partial charge < -0.3 is 5.32 Å². The van der Waals surface area contributed by atoms with Crippen molar-refractivity contribution in [3.63, 3.8) is 0 Å². The average Bonchev–Trinajstić information content (AvgIpc) is 2.95. The van der Waals surface area contributed by atoms with E-state index in [0.717, 1.165) is 15.5 Å². The Balaban J connectivity index is 2.04. The molecule has 0 amide bonds. The quantitative estimate of drug-likeness (QED) is 0.761. The predicted octanol–water partition coefficient (Wildman–Crippen LogP) is 4.69. The van der Waals surface area contributed by atoms with E-state index < -0.39 is 12.6 Å². The van der Waals surface area contributed by atoms with Gasteiger partial charge in [0.2, 0.25) is 0 Å². The summed E-state index contributed by atoms with van der Waals surface area (Å²) < 4.78 is 37.8. The van der Waals surface area contributed by atoms with Crippen LogP contribution in [-0.4, -0.2) is 17.7 Å². The maximum atomic E-state index is 12.3. The van der Waals surface area contributed by atoms with Gasteiger partial charge in [0.25, 0.3) is 0 Å². The van der Waals surface area contributed by atoms with Crippen LogP contribution in [-0.2, 0) is 0 Å². The number of anilines is 1. The number of nitrogens with zero attached hydrogens (tertiary/aromatic N) is 2. The topological polar surface area (TPSA) is 48.7 Å². The zero-order valence-electron chi connectivity index (χ0n) is 11.2. The molecule has 0 radical (unpaired) electrons.